The molecule has 1 aromatic rings. The minimum absolute atomic E-state index is 0.120. The normalized spacial score (nSPS) is 11.0. The summed E-state index contributed by atoms with van der Waals surface area (Å²) in [7, 11) is 0. The first-order valence-corrected chi connectivity index (χ1v) is 4.74. The summed E-state index contributed by atoms with van der Waals surface area (Å²) in [5.74, 6) is 5.76. The summed E-state index contributed by atoms with van der Waals surface area (Å²) in [4.78, 5) is 0. The smallest absolute Gasteiger partial charge is 0.107 e. The van der Waals surface area contributed by atoms with Crippen molar-refractivity contribution in [2.75, 3.05) is 0 Å². The molecule has 0 aliphatic rings. The number of hydrogen-bond acceptors (Lipinski definition) is 2. The Morgan fingerprint density at radius 1 is 1.67 bits per heavy atom. The molecule has 1 rings (SSSR count). The van der Waals surface area contributed by atoms with Gasteiger partial charge in [0.2, 0.25) is 0 Å². The van der Waals surface area contributed by atoms with Crippen molar-refractivity contribution in [3.05, 3.63) is 22.4 Å². The van der Waals surface area contributed by atoms with Crippen molar-refractivity contribution in [1.82, 2.24) is 0 Å². The summed E-state index contributed by atoms with van der Waals surface area (Å²) in [6.45, 7) is 1.97. The average Bonchev–Trinajstić information content (AvgIpc) is 2.59. The van der Waals surface area contributed by atoms with Crippen LogP contribution in [0.1, 0.15) is 18.9 Å². The molecule has 0 aliphatic heterocycles. The van der Waals surface area contributed by atoms with Gasteiger partial charge in [-0.3, -0.25) is 0 Å². The second-order valence-corrected chi connectivity index (χ2v) is 3.15. The number of thiophene rings is 1. The predicted molar refractivity (Wildman–Crippen MR) is 50.6 cm³/mol. The number of nitriles is 1. The molecule has 0 aromatic carbocycles. The first-order chi connectivity index (χ1) is 5.86. The second-order valence-electron chi connectivity index (χ2n) is 2.37. The van der Waals surface area contributed by atoms with E-state index in [0.29, 0.717) is 0 Å². The Morgan fingerprint density at radius 3 is 3.00 bits per heavy atom. The molecule has 0 radical (unpaired) electrons. The third kappa shape index (κ3) is 2.42. The van der Waals surface area contributed by atoms with Crippen LogP contribution in [-0.4, -0.2) is 0 Å². The molecule has 1 nitrogen and oxygen atoms in total. The lowest BCUT2D eigenvalue weighted by atomic mass is 10.1. The van der Waals surface area contributed by atoms with Crippen LogP contribution in [-0.2, 0) is 0 Å². The van der Waals surface area contributed by atoms with E-state index < -0.39 is 0 Å². The van der Waals surface area contributed by atoms with Crippen molar-refractivity contribution in [3.63, 3.8) is 0 Å². The van der Waals surface area contributed by atoms with Gasteiger partial charge in [-0.05, 0) is 17.9 Å². The highest BCUT2D eigenvalue weighted by atomic mass is 32.1. The zero-order valence-corrected chi connectivity index (χ0v) is 7.69. The standard InChI is InChI=1S/C10H9NS/c1-2-9(7-11)3-4-10-5-6-12-8-10/h5-6,8-9H,2H2,1H3/t9-/m0/s1. The fourth-order valence-electron chi connectivity index (χ4n) is 0.732. The molecule has 0 saturated carbocycles. The van der Waals surface area contributed by atoms with Crippen LogP contribution in [0.3, 0.4) is 0 Å². The number of rotatable bonds is 1. The molecule has 1 heterocycles. The quantitative estimate of drug-likeness (QED) is 0.602. The maximum Gasteiger partial charge on any atom is 0.107 e. The number of hydrogen-bond donors (Lipinski definition) is 0. The molecule has 0 spiro atoms. The van der Waals surface area contributed by atoms with Crippen molar-refractivity contribution in [3.8, 4) is 17.9 Å². The SMILES string of the molecule is CC[C@H](C#N)C#Cc1ccsc1. The monoisotopic (exact) mass is 175 g/mol. The fourth-order valence-corrected chi connectivity index (χ4v) is 1.32. The van der Waals surface area contributed by atoms with E-state index in [2.05, 4.69) is 17.9 Å². The van der Waals surface area contributed by atoms with E-state index in [1.807, 2.05) is 23.8 Å². The van der Waals surface area contributed by atoms with Gasteiger partial charge in [-0.1, -0.05) is 18.8 Å². The Bertz CT molecular complexity index is 321. The van der Waals surface area contributed by atoms with E-state index in [0.717, 1.165) is 12.0 Å². The lowest BCUT2D eigenvalue weighted by Gasteiger charge is -1.90. The molecule has 0 unspecified atom stereocenters. The molecule has 60 valence electrons. The molecule has 1 aromatic heterocycles. The van der Waals surface area contributed by atoms with Crippen molar-refractivity contribution >= 4 is 11.3 Å². The van der Waals surface area contributed by atoms with Crippen LogP contribution < -0.4 is 0 Å². The summed E-state index contributed by atoms with van der Waals surface area (Å²) < 4.78 is 0. The van der Waals surface area contributed by atoms with Gasteiger partial charge in [0.25, 0.3) is 0 Å². The lowest BCUT2D eigenvalue weighted by Crippen LogP contribution is -1.88. The largest absolute Gasteiger partial charge is 0.197 e. The van der Waals surface area contributed by atoms with Gasteiger partial charge >= 0.3 is 0 Å². The molecule has 0 fully saturated rings. The van der Waals surface area contributed by atoms with Crippen molar-refractivity contribution in [2.24, 2.45) is 5.92 Å². The molecule has 0 amide bonds. The van der Waals surface area contributed by atoms with Crippen LogP contribution >= 0.6 is 11.3 Å². The molecule has 0 aliphatic carbocycles. The minimum Gasteiger partial charge on any atom is -0.197 e. The first kappa shape index (κ1) is 8.84. The highest BCUT2D eigenvalue weighted by Gasteiger charge is 1.96. The Labute approximate surface area is 76.7 Å². The van der Waals surface area contributed by atoms with Gasteiger partial charge in [0, 0.05) is 10.9 Å². The van der Waals surface area contributed by atoms with Gasteiger partial charge in [0.05, 0.1) is 6.07 Å². The van der Waals surface area contributed by atoms with Gasteiger partial charge in [0.1, 0.15) is 5.92 Å². The maximum absolute atomic E-state index is 8.60. The van der Waals surface area contributed by atoms with E-state index in [1.54, 1.807) is 11.3 Å². The number of nitrogens with zero attached hydrogens (tertiary/aromatic N) is 1. The van der Waals surface area contributed by atoms with Crippen LogP contribution in [0.25, 0.3) is 0 Å². The summed E-state index contributed by atoms with van der Waals surface area (Å²) >= 11 is 1.62. The topological polar surface area (TPSA) is 23.8 Å². The Kier molecular flexibility index (Phi) is 3.38. The molecule has 0 N–H and O–H groups in total. The molecule has 0 bridgehead atoms. The predicted octanol–water partition coefficient (Wildman–Crippen LogP) is 2.65. The molecule has 1 atom stereocenters. The van der Waals surface area contributed by atoms with E-state index in [9.17, 15) is 0 Å². The first-order valence-electron chi connectivity index (χ1n) is 3.80. The minimum atomic E-state index is -0.120. The van der Waals surface area contributed by atoms with Crippen LogP contribution in [0, 0.1) is 29.1 Å². The second kappa shape index (κ2) is 4.59. The lowest BCUT2D eigenvalue weighted by molar-refractivity contribution is 0.814. The molecular formula is C10H9NS. The zero-order chi connectivity index (χ0) is 8.81. The summed E-state index contributed by atoms with van der Waals surface area (Å²) in [6, 6.07) is 4.10. The van der Waals surface area contributed by atoms with Crippen LogP contribution in [0.15, 0.2) is 16.8 Å². The Hall–Kier alpha value is -1.25. The van der Waals surface area contributed by atoms with Crippen molar-refractivity contribution < 1.29 is 0 Å². The fraction of sp³-hybridized carbons (Fsp3) is 0.300. The maximum atomic E-state index is 8.60. The van der Waals surface area contributed by atoms with Gasteiger partial charge in [-0.25, -0.2) is 0 Å². The van der Waals surface area contributed by atoms with E-state index in [1.165, 1.54) is 0 Å². The average molecular weight is 175 g/mol. The highest BCUT2D eigenvalue weighted by molar-refractivity contribution is 7.08. The molecule has 2 heteroatoms. The highest BCUT2D eigenvalue weighted by Crippen LogP contribution is 2.04. The van der Waals surface area contributed by atoms with Crippen molar-refractivity contribution in [1.29, 1.82) is 5.26 Å². The summed E-state index contributed by atoms with van der Waals surface area (Å²) in [5.41, 5.74) is 1.01. The molecule has 0 saturated heterocycles. The summed E-state index contributed by atoms with van der Waals surface area (Å²) in [5, 5.41) is 12.6. The Balaban J connectivity index is 2.66. The van der Waals surface area contributed by atoms with Gasteiger partial charge in [-0.2, -0.15) is 16.6 Å². The third-order valence-corrected chi connectivity index (χ3v) is 2.16. The Morgan fingerprint density at radius 2 is 2.50 bits per heavy atom. The van der Waals surface area contributed by atoms with E-state index in [4.69, 9.17) is 5.26 Å². The van der Waals surface area contributed by atoms with Gasteiger partial charge in [-0.15, -0.1) is 0 Å². The van der Waals surface area contributed by atoms with E-state index >= 15 is 0 Å². The van der Waals surface area contributed by atoms with Gasteiger partial charge < -0.3 is 0 Å². The van der Waals surface area contributed by atoms with Crippen molar-refractivity contribution in [2.45, 2.75) is 13.3 Å². The third-order valence-electron chi connectivity index (χ3n) is 1.48. The van der Waals surface area contributed by atoms with Crippen LogP contribution in [0.4, 0.5) is 0 Å². The van der Waals surface area contributed by atoms with Crippen LogP contribution in [0.2, 0.25) is 0 Å². The molecular weight excluding hydrogens is 166 g/mol. The van der Waals surface area contributed by atoms with Crippen LogP contribution in [0.5, 0.6) is 0 Å². The summed E-state index contributed by atoms with van der Waals surface area (Å²) in [6.07, 6.45) is 0.799. The van der Waals surface area contributed by atoms with E-state index in [-0.39, 0.29) is 5.92 Å². The molecule has 12 heavy (non-hydrogen) atoms. The zero-order valence-electron chi connectivity index (χ0n) is 6.87. The van der Waals surface area contributed by atoms with Gasteiger partial charge in [0.15, 0.2) is 0 Å².